The average molecular weight is 482 g/mol. The summed E-state index contributed by atoms with van der Waals surface area (Å²) in [5.41, 5.74) is 5.82. The van der Waals surface area contributed by atoms with Crippen LogP contribution in [0.4, 0.5) is 11.5 Å². The zero-order valence-corrected chi connectivity index (χ0v) is 19.8. The Morgan fingerprint density at radius 2 is 1.89 bits per heavy atom. The molecule has 10 heteroatoms. The summed E-state index contributed by atoms with van der Waals surface area (Å²) in [7, 11) is 0. The van der Waals surface area contributed by atoms with Crippen LogP contribution in [0.3, 0.4) is 0 Å². The van der Waals surface area contributed by atoms with E-state index in [9.17, 15) is 5.11 Å². The van der Waals surface area contributed by atoms with E-state index in [4.69, 9.17) is 4.98 Å². The van der Waals surface area contributed by atoms with E-state index in [1.807, 2.05) is 18.3 Å². The Bertz CT molecular complexity index is 1550. The Hall–Kier alpha value is -4.05. The summed E-state index contributed by atoms with van der Waals surface area (Å²) in [6.45, 7) is 2.01. The number of aromatic amines is 2. The van der Waals surface area contributed by atoms with E-state index in [-0.39, 0.29) is 0 Å². The van der Waals surface area contributed by atoms with Gasteiger partial charge in [0.05, 0.1) is 22.8 Å². The van der Waals surface area contributed by atoms with Crippen LogP contribution in [0, 0.1) is 5.92 Å². The van der Waals surface area contributed by atoms with Crippen molar-refractivity contribution in [2.24, 2.45) is 5.92 Å². The number of piperidine rings is 1. The molecule has 0 amide bonds. The Kier molecular flexibility index (Phi) is 5.05. The average Bonchev–Trinajstić information content (AvgIpc) is 3.55. The summed E-state index contributed by atoms with van der Waals surface area (Å²) in [6, 6.07) is 5.99. The van der Waals surface area contributed by atoms with Crippen molar-refractivity contribution in [2.75, 3.05) is 23.3 Å². The highest BCUT2D eigenvalue weighted by atomic mass is 16.3. The van der Waals surface area contributed by atoms with Crippen molar-refractivity contribution in [3.63, 3.8) is 0 Å². The molecule has 0 aromatic carbocycles. The Morgan fingerprint density at radius 3 is 2.75 bits per heavy atom. The van der Waals surface area contributed by atoms with E-state index in [0.29, 0.717) is 23.1 Å². The van der Waals surface area contributed by atoms with Crippen molar-refractivity contribution in [3.05, 3.63) is 43.0 Å². The van der Waals surface area contributed by atoms with Gasteiger partial charge in [-0.15, -0.1) is 0 Å². The number of H-pyrrole nitrogens is 2. The van der Waals surface area contributed by atoms with Crippen LogP contribution >= 0.6 is 0 Å². The van der Waals surface area contributed by atoms with Gasteiger partial charge in [0.25, 0.3) is 0 Å². The molecule has 1 atom stereocenters. The lowest BCUT2D eigenvalue weighted by molar-refractivity contribution is 0.180. The predicted molar refractivity (Wildman–Crippen MR) is 138 cm³/mol. The number of nitrogens with one attached hydrogen (secondary N) is 3. The lowest BCUT2D eigenvalue weighted by Crippen LogP contribution is -2.30. The van der Waals surface area contributed by atoms with E-state index in [0.717, 1.165) is 65.0 Å². The third-order valence-corrected chi connectivity index (χ3v) is 7.13. The molecule has 2 fully saturated rings. The van der Waals surface area contributed by atoms with Crippen molar-refractivity contribution in [1.29, 1.82) is 0 Å². The molecule has 10 nitrogen and oxygen atoms in total. The zero-order chi connectivity index (χ0) is 24.1. The van der Waals surface area contributed by atoms with E-state index < -0.39 is 6.23 Å². The molecule has 4 N–H and O–H groups in total. The number of nitrogens with zero attached hydrogens (tertiary/aromatic N) is 6. The lowest BCUT2D eigenvalue weighted by Gasteiger charge is -2.27. The van der Waals surface area contributed by atoms with Gasteiger partial charge in [0.15, 0.2) is 17.3 Å². The molecule has 1 unspecified atom stereocenters. The van der Waals surface area contributed by atoms with Crippen LogP contribution in [0.5, 0.6) is 0 Å². The largest absolute Gasteiger partial charge is 0.374 e. The van der Waals surface area contributed by atoms with Crippen LogP contribution in [0.15, 0.2) is 43.0 Å². The fourth-order valence-corrected chi connectivity index (χ4v) is 4.99. The quantitative estimate of drug-likeness (QED) is 0.267. The first-order chi connectivity index (χ1) is 17.7. The first kappa shape index (κ1) is 21.3. The number of hydrogen-bond donors (Lipinski definition) is 4. The molecule has 1 saturated heterocycles. The van der Waals surface area contributed by atoms with E-state index in [2.05, 4.69) is 46.4 Å². The maximum absolute atomic E-state index is 10.3. The Morgan fingerprint density at radius 1 is 1.03 bits per heavy atom. The number of pyridine rings is 3. The van der Waals surface area contributed by atoms with E-state index in [1.54, 1.807) is 18.6 Å². The molecule has 182 valence electrons. The molecule has 0 spiro atoms. The number of rotatable bonds is 6. The third-order valence-electron chi connectivity index (χ3n) is 7.13. The standard InChI is InChI=1S/C26H27N9O/c36-26(15-4-5-15)30-18-10-16(12-27-14-18)17-11-19-21(33-34-23(19)29-13-17)24-31-20-6-7-28-25(22(20)32-24)35-8-2-1-3-9-35/h6-7,10-15,26,30,36H,1-5,8-9H2,(H,31,32)(H,29,33,34). The van der Waals surface area contributed by atoms with Crippen molar-refractivity contribution >= 4 is 33.6 Å². The third kappa shape index (κ3) is 3.83. The normalized spacial score (nSPS) is 17.1. The van der Waals surface area contributed by atoms with Gasteiger partial charge < -0.3 is 20.3 Å². The van der Waals surface area contributed by atoms with Crippen molar-refractivity contribution in [3.8, 4) is 22.6 Å². The molecule has 7 rings (SSSR count). The first-order valence-electron chi connectivity index (χ1n) is 12.6. The van der Waals surface area contributed by atoms with Crippen LogP contribution in [-0.2, 0) is 0 Å². The van der Waals surface area contributed by atoms with Crippen LogP contribution in [0.1, 0.15) is 32.1 Å². The molecule has 1 aliphatic heterocycles. The molecule has 36 heavy (non-hydrogen) atoms. The van der Waals surface area contributed by atoms with Crippen molar-refractivity contribution in [1.82, 2.24) is 35.1 Å². The van der Waals surface area contributed by atoms with E-state index >= 15 is 0 Å². The minimum atomic E-state index is -0.541. The zero-order valence-electron chi connectivity index (χ0n) is 19.8. The number of aromatic nitrogens is 7. The van der Waals surface area contributed by atoms with Gasteiger partial charge in [-0.25, -0.2) is 15.0 Å². The lowest BCUT2D eigenvalue weighted by atomic mass is 10.1. The highest BCUT2D eigenvalue weighted by Crippen LogP contribution is 2.34. The van der Waals surface area contributed by atoms with Gasteiger partial charge in [0, 0.05) is 48.7 Å². The highest BCUT2D eigenvalue weighted by Gasteiger charge is 2.29. The number of hydrogen-bond acceptors (Lipinski definition) is 8. The van der Waals surface area contributed by atoms with Crippen molar-refractivity contribution in [2.45, 2.75) is 38.3 Å². The number of imidazole rings is 1. The summed E-state index contributed by atoms with van der Waals surface area (Å²) in [4.78, 5) is 24.3. The molecular weight excluding hydrogens is 454 g/mol. The van der Waals surface area contributed by atoms with Gasteiger partial charge in [0.1, 0.15) is 17.4 Å². The minimum Gasteiger partial charge on any atom is -0.374 e. The molecule has 6 heterocycles. The molecular formula is C26H27N9O. The van der Waals surface area contributed by atoms with Gasteiger partial charge in [0.2, 0.25) is 0 Å². The fraction of sp³-hybridized carbons (Fsp3) is 0.346. The van der Waals surface area contributed by atoms with Gasteiger partial charge >= 0.3 is 0 Å². The summed E-state index contributed by atoms with van der Waals surface area (Å²) < 4.78 is 0. The second-order valence-electron chi connectivity index (χ2n) is 9.75. The summed E-state index contributed by atoms with van der Waals surface area (Å²) in [5, 5.41) is 21.9. The van der Waals surface area contributed by atoms with Gasteiger partial charge in [-0.3, -0.25) is 10.1 Å². The topological polar surface area (TPSA) is 132 Å². The molecule has 5 aromatic heterocycles. The molecule has 2 aliphatic rings. The summed E-state index contributed by atoms with van der Waals surface area (Å²) in [5.74, 6) is 1.94. The number of fused-ring (bicyclic) bond motifs is 2. The maximum atomic E-state index is 10.3. The fourth-order valence-electron chi connectivity index (χ4n) is 4.99. The SMILES string of the molecule is OC(Nc1cncc(-c2cnc3[nH]nc(-c4nc5c(N6CCCCC6)nccc5[nH]4)c3c2)c1)C1CC1. The smallest absolute Gasteiger partial charge is 0.159 e. The van der Waals surface area contributed by atoms with Crippen LogP contribution < -0.4 is 10.2 Å². The predicted octanol–water partition coefficient (Wildman–Crippen LogP) is 4.09. The summed E-state index contributed by atoms with van der Waals surface area (Å²) in [6.07, 6.45) is 12.4. The number of anilines is 2. The van der Waals surface area contributed by atoms with Crippen LogP contribution in [0.2, 0.25) is 0 Å². The minimum absolute atomic E-state index is 0.328. The number of aliphatic hydroxyl groups excluding tert-OH is 1. The molecule has 1 aliphatic carbocycles. The summed E-state index contributed by atoms with van der Waals surface area (Å²) >= 11 is 0. The van der Waals surface area contributed by atoms with Crippen LogP contribution in [0.25, 0.3) is 44.7 Å². The maximum Gasteiger partial charge on any atom is 0.159 e. The molecule has 0 bridgehead atoms. The Balaban J connectivity index is 1.25. The second kappa shape index (κ2) is 8.56. The highest BCUT2D eigenvalue weighted by molar-refractivity contribution is 5.95. The molecule has 1 saturated carbocycles. The molecule has 5 aromatic rings. The second-order valence-corrected chi connectivity index (χ2v) is 9.75. The van der Waals surface area contributed by atoms with Gasteiger partial charge in [-0.2, -0.15) is 5.10 Å². The number of aliphatic hydroxyl groups is 1. The van der Waals surface area contributed by atoms with Gasteiger partial charge in [-0.05, 0) is 50.3 Å². The van der Waals surface area contributed by atoms with Crippen LogP contribution in [-0.4, -0.2) is 59.5 Å². The Labute approximate surface area is 207 Å². The van der Waals surface area contributed by atoms with E-state index in [1.165, 1.54) is 19.3 Å². The molecule has 0 radical (unpaired) electrons. The van der Waals surface area contributed by atoms with Crippen molar-refractivity contribution < 1.29 is 5.11 Å². The van der Waals surface area contributed by atoms with Gasteiger partial charge in [-0.1, -0.05) is 0 Å². The first-order valence-corrected chi connectivity index (χ1v) is 12.6. The monoisotopic (exact) mass is 481 g/mol.